The molecule has 0 saturated heterocycles. The third kappa shape index (κ3) is 12.0. The van der Waals surface area contributed by atoms with Gasteiger partial charge in [0.2, 0.25) is 0 Å². The van der Waals surface area contributed by atoms with Crippen molar-refractivity contribution in [2.45, 2.75) is 135 Å². The zero-order chi connectivity index (χ0) is 37.8. The molecule has 3 N–H and O–H groups in total. The highest BCUT2D eigenvalue weighted by Crippen LogP contribution is 2.56. The van der Waals surface area contributed by atoms with Crippen LogP contribution in [0.5, 0.6) is 0 Å². The predicted octanol–water partition coefficient (Wildman–Crippen LogP) is 12.9. The first kappa shape index (κ1) is 41.8. The van der Waals surface area contributed by atoms with E-state index < -0.39 is 10.1 Å². The summed E-state index contributed by atoms with van der Waals surface area (Å²) in [6.45, 7) is 14.3. The van der Waals surface area contributed by atoms with E-state index in [-0.39, 0.29) is 7.92 Å². The molecule has 52 heavy (non-hydrogen) atoms. The summed E-state index contributed by atoms with van der Waals surface area (Å²) < 4.78 is 25.9. The molecule has 2 fully saturated rings. The Bertz CT molecular complexity index is 1730. The van der Waals surface area contributed by atoms with Crippen molar-refractivity contribution in [1.82, 2.24) is 0 Å². The lowest BCUT2D eigenvalue weighted by molar-refractivity contribution is 0.487. The van der Waals surface area contributed by atoms with Gasteiger partial charge in [-0.25, -0.2) is 0 Å². The molecule has 0 heterocycles. The van der Waals surface area contributed by atoms with Gasteiger partial charge in [-0.3, -0.25) is 4.55 Å². The lowest BCUT2D eigenvalue weighted by Gasteiger charge is -2.40. The maximum atomic E-state index is 9.19. The number of hydrogen-bond donors (Lipinski definition) is 2. The second-order valence-corrected chi connectivity index (χ2v) is 20.0. The van der Waals surface area contributed by atoms with Gasteiger partial charge in [-0.05, 0) is 99.5 Å². The summed E-state index contributed by atoms with van der Waals surface area (Å²) in [7, 11) is -3.79. The lowest BCUT2D eigenvalue weighted by Crippen LogP contribution is -2.27. The molecule has 2 saturated carbocycles. The zero-order valence-corrected chi connectivity index (χ0v) is 34.5. The van der Waals surface area contributed by atoms with Gasteiger partial charge >= 0.3 is 0 Å². The zero-order valence-electron chi connectivity index (χ0n) is 32.8. The number of para-hydroxylation sites is 1. The van der Waals surface area contributed by atoms with Gasteiger partial charge in [-0.15, -0.1) is 0 Å². The largest absolute Gasteiger partial charge is 0.398 e. The van der Waals surface area contributed by atoms with Crippen molar-refractivity contribution >= 4 is 29.0 Å². The van der Waals surface area contributed by atoms with Gasteiger partial charge in [0.1, 0.15) is 0 Å². The quantitative estimate of drug-likeness (QED) is 0.107. The number of hydrogen-bond acceptors (Lipinski definition) is 3. The van der Waals surface area contributed by atoms with E-state index in [9.17, 15) is 8.42 Å². The highest BCUT2D eigenvalue weighted by molar-refractivity contribution is 7.85. The van der Waals surface area contributed by atoms with Gasteiger partial charge in [0, 0.05) is 11.3 Å². The molecule has 4 aromatic rings. The van der Waals surface area contributed by atoms with Crippen LogP contribution >= 0.6 is 7.92 Å². The second kappa shape index (κ2) is 19.9. The van der Waals surface area contributed by atoms with Crippen molar-refractivity contribution < 1.29 is 13.0 Å². The van der Waals surface area contributed by atoms with Gasteiger partial charge < -0.3 is 5.73 Å². The fourth-order valence-electron chi connectivity index (χ4n) is 7.96. The fourth-order valence-corrected chi connectivity index (χ4v) is 11.9. The van der Waals surface area contributed by atoms with E-state index in [1.54, 1.807) is 27.6 Å². The highest BCUT2D eigenvalue weighted by Gasteiger charge is 2.34. The van der Waals surface area contributed by atoms with Crippen LogP contribution in [-0.4, -0.2) is 30.5 Å². The van der Waals surface area contributed by atoms with Crippen molar-refractivity contribution in [2.24, 2.45) is 0 Å². The van der Waals surface area contributed by atoms with Gasteiger partial charge in [0.25, 0.3) is 10.1 Å². The summed E-state index contributed by atoms with van der Waals surface area (Å²) in [5, 5.41) is 1.75. The van der Waals surface area contributed by atoms with Gasteiger partial charge in [-0.2, -0.15) is 8.42 Å². The van der Waals surface area contributed by atoms with Gasteiger partial charge in [0.05, 0.1) is 6.26 Å². The Labute approximate surface area is 317 Å². The number of anilines is 1. The number of benzene rings is 4. The number of nitrogen functional groups attached to an aromatic ring is 1. The van der Waals surface area contributed by atoms with Crippen molar-refractivity contribution in [3.63, 3.8) is 0 Å². The molecule has 0 amide bonds. The van der Waals surface area contributed by atoms with Crippen LogP contribution in [0.2, 0.25) is 0 Å². The Morgan fingerprint density at radius 2 is 1.04 bits per heavy atom. The molecule has 0 spiro atoms. The highest BCUT2D eigenvalue weighted by atomic mass is 32.2. The Hall–Kier alpha value is -2.98. The maximum absolute atomic E-state index is 9.19. The maximum Gasteiger partial charge on any atom is 0.261 e. The molecule has 0 bridgehead atoms. The molecule has 4 nitrogen and oxygen atoms in total. The Balaban J connectivity index is 0.000000275. The van der Waals surface area contributed by atoms with E-state index in [4.69, 9.17) is 10.3 Å². The molecule has 0 atom stereocenters. The third-order valence-corrected chi connectivity index (χ3v) is 14.1. The molecule has 0 radical (unpaired) electrons. The normalized spacial score (nSPS) is 15.7. The molecule has 0 unspecified atom stereocenters. The van der Waals surface area contributed by atoms with Crippen LogP contribution in [-0.2, 0) is 10.1 Å². The molecule has 2 aliphatic carbocycles. The monoisotopic (exact) mass is 741 g/mol. The second-order valence-electron chi connectivity index (χ2n) is 15.7. The summed E-state index contributed by atoms with van der Waals surface area (Å²) in [5.74, 6) is 1.64. The molecule has 0 aromatic heterocycles. The average Bonchev–Trinajstić information content (AvgIpc) is 3.12. The molecule has 2 aliphatic rings. The smallest absolute Gasteiger partial charge is 0.261 e. The Morgan fingerprint density at radius 1 is 0.615 bits per heavy atom. The first-order valence-corrected chi connectivity index (χ1v) is 23.0. The lowest BCUT2D eigenvalue weighted by atomic mass is 9.82. The van der Waals surface area contributed by atoms with Crippen molar-refractivity contribution in [3.05, 3.63) is 108 Å². The summed E-state index contributed by atoms with van der Waals surface area (Å²) in [5.41, 5.74) is 18.7. The molecular formula is C46H64NO3PS. The first-order valence-electron chi connectivity index (χ1n) is 19.6. The van der Waals surface area contributed by atoms with E-state index in [0.29, 0.717) is 24.0 Å². The van der Waals surface area contributed by atoms with E-state index in [1.807, 2.05) is 42.5 Å². The van der Waals surface area contributed by atoms with Crippen LogP contribution in [0.4, 0.5) is 5.69 Å². The van der Waals surface area contributed by atoms with E-state index in [0.717, 1.165) is 22.6 Å². The van der Waals surface area contributed by atoms with Crippen LogP contribution < -0.4 is 11.0 Å². The fraction of sp³-hybridized carbons (Fsp3) is 0.478. The topological polar surface area (TPSA) is 80.4 Å². The van der Waals surface area contributed by atoms with Crippen LogP contribution in [0.25, 0.3) is 22.3 Å². The Morgan fingerprint density at radius 3 is 1.48 bits per heavy atom. The standard InChI is InChI=1S/C33H49P.C12H11N.CH4O3S/c1-23(2)26-21-30(24(3)4)33(31(22-26)25(5)6)29-19-13-14-20-32(29)34(27-15-9-7-10-16-27)28-17-11-8-12-18-28;13-12-9-5-4-8-11(12)10-6-2-1-3-7-10;1-5(2,3)4/h13-14,19-25,27-28H,7-12,15-18H2,1-6H3;1-9H,13H2;1H3,(H,2,3,4). The van der Waals surface area contributed by atoms with E-state index in [2.05, 4.69) is 90.1 Å². The Kier molecular flexibility index (Phi) is 16.0. The summed E-state index contributed by atoms with van der Waals surface area (Å²) in [4.78, 5) is 0. The van der Waals surface area contributed by atoms with Crippen LogP contribution in [0.1, 0.15) is 140 Å². The third-order valence-electron chi connectivity index (χ3n) is 10.6. The first-order chi connectivity index (χ1) is 24.8. The molecule has 6 heteroatoms. The summed E-state index contributed by atoms with van der Waals surface area (Å²) >= 11 is 0. The predicted molar refractivity (Wildman–Crippen MR) is 228 cm³/mol. The van der Waals surface area contributed by atoms with Gasteiger partial charge in [0.15, 0.2) is 0 Å². The minimum atomic E-state index is -3.67. The molecule has 0 aliphatic heterocycles. The van der Waals surface area contributed by atoms with Crippen molar-refractivity contribution in [3.8, 4) is 22.3 Å². The average molecular weight is 742 g/mol. The summed E-state index contributed by atoms with van der Waals surface area (Å²) in [6, 6.07) is 32.9. The number of rotatable bonds is 8. The minimum Gasteiger partial charge on any atom is -0.398 e. The van der Waals surface area contributed by atoms with Crippen molar-refractivity contribution in [2.75, 3.05) is 12.0 Å². The van der Waals surface area contributed by atoms with E-state index in [1.165, 1.54) is 75.3 Å². The molecule has 4 aromatic carbocycles. The minimum absolute atomic E-state index is 0.120. The van der Waals surface area contributed by atoms with E-state index >= 15 is 0 Å². The van der Waals surface area contributed by atoms with Crippen LogP contribution in [0, 0.1) is 0 Å². The SMILES string of the molecule is CC(C)c1cc(C(C)C)c(-c2ccccc2P(C2CCCCC2)C2CCCCC2)c(C(C)C)c1.CS(=O)(=O)O.Nc1ccccc1-c1ccccc1. The number of nitrogens with two attached hydrogens (primary N) is 1. The van der Waals surface area contributed by atoms with Crippen molar-refractivity contribution in [1.29, 1.82) is 0 Å². The molecule has 6 rings (SSSR count). The molecule has 282 valence electrons. The van der Waals surface area contributed by atoms with Crippen LogP contribution in [0.15, 0.2) is 91.0 Å². The molecular weight excluding hydrogens is 678 g/mol. The summed E-state index contributed by atoms with van der Waals surface area (Å²) in [6.07, 6.45) is 15.3. The van der Waals surface area contributed by atoms with Crippen LogP contribution in [0.3, 0.4) is 0 Å². The van der Waals surface area contributed by atoms with Gasteiger partial charge in [-0.1, -0.05) is 173 Å².